The normalized spacial score (nSPS) is 12.0. The molecule has 7 heteroatoms. The van der Waals surface area contributed by atoms with Crippen LogP contribution in [0.4, 0.5) is 4.39 Å². The quantitative estimate of drug-likeness (QED) is 0.858. The maximum atomic E-state index is 13.7. The Kier molecular flexibility index (Phi) is 3.66. The smallest absolute Gasteiger partial charge is 0.254 e. The molecule has 0 aliphatic carbocycles. The van der Waals surface area contributed by atoms with E-state index in [-0.39, 0.29) is 22.5 Å². The molecule has 2 rings (SSSR count). The van der Waals surface area contributed by atoms with E-state index in [0.29, 0.717) is 0 Å². The molecule has 0 saturated heterocycles. The Hall–Kier alpha value is -1.76. The van der Waals surface area contributed by atoms with Crippen molar-refractivity contribution in [2.75, 3.05) is 5.75 Å². The lowest BCUT2D eigenvalue weighted by atomic mass is 10.3. The topological polar surface area (TPSA) is 64.8 Å². The summed E-state index contributed by atoms with van der Waals surface area (Å²) in [5.41, 5.74) is 0.120. The molecule has 102 valence electrons. The number of hydrogen-bond acceptors (Lipinski definition) is 4. The van der Waals surface area contributed by atoms with Crippen LogP contribution >= 0.6 is 0 Å². The van der Waals surface area contributed by atoms with Gasteiger partial charge in [-0.3, -0.25) is 4.57 Å². The standard InChI is InChI=1S/C12H14FN3O2S/c1-9(2)7-19(17,18)12-15-14-8-16(12)11-6-4-3-5-10(11)13/h3-6,8-9H,7H2,1-2H3. The summed E-state index contributed by atoms with van der Waals surface area (Å²) in [6, 6.07) is 5.89. The Labute approximate surface area is 111 Å². The van der Waals surface area contributed by atoms with Gasteiger partial charge in [-0.15, -0.1) is 10.2 Å². The van der Waals surface area contributed by atoms with Gasteiger partial charge in [-0.25, -0.2) is 12.8 Å². The molecule has 0 radical (unpaired) electrons. The van der Waals surface area contributed by atoms with E-state index in [1.165, 1.54) is 24.5 Å². The molecule has 1 heterocycles. The third kappa shape index (κ3) is 2.81. The highest BCUT2D eigenvalue weighted by atomic mass is 32.2. The molecule has 5 nitrogen and oxygen atoms in total. The fourth-order valence-electron chi connectivity index (χ4n) is 1.76. The molecular weight excluding hydrogens is 269 g/mol. The minimum absolute atomic E-state index is 0.0456. The first-order valence-electron chi connectivity index (χ1n) is 5.79. The molecule has 0 fully saturated rings. The number of benzene rings is 1. The molecule has 2 aromatic rings. The van der Waals surface area contributed by atoms with E-state index >= 15 is 0 Å². The number of halogens is 1. The summed E-state index contributed by atoms with van der Waals surface area (Å²) < 4.78 is 39.2. The van der Waals surface area contributed by atoms with Gasteiger partial charge in [0.15, 0.2) is 0 Å². The largest absolute Gasteiger partial charge is 0.270 e. The number of nitrogens with zero attached hydrogens (tertiary/aromatic N) is 3. The van der Waals surface area contributed by atoms with Crippen molar-refractivity contribution in [1.29, 1.82) is 0 Å². The molecule has 1 aromatic heterocycles. The van der Waals surface area contributed by atoms with Gasteiger partial charge in [0.05, 0.1) is 11.4 Å². The maximum Gasteiger partial charge on any atom is 0.254 e. The van der Waals surface area contributed by atoms with Crippen LogP contribution in [0.3, 0.4) is 0 Å². The van der Waals surface area contributed by atoms with Gasteiger partial charge in [0, 0.05) is 0 Å². The minimum atomic E-state index is -3.59. The maximum absolute atomic E-state index is 13.7. The van der Waals surface area contributed by atoms with Crippen molar-refractivity contribution in [3.63, 3.8) is 0 Å². The molecule has 19 heavy (non-hydrogen) atoms. The van der Waals surface area contributed by atoms with Crippen LogP contribution in [0, 0.1) is 11.7 Å². The molecule has 0 atom stereocenters. The zero-order chi connectivity index (χ0) is 14.0. The van der Waals surface area contributed by atoms with Gasteiger partial charge in [0.1, 0.15) is 12.1 Å². The summed E-state index contributed by atoms with van der Waals surface area (Å²) in [4.78, 5) is 0. The van der Waals surface area contributed by atoms with E-state index in [0.717, 1.165) is 4.57 Å². The van der Waals surface area contributed by atoms with E-state index < -0.39 is 15.7 Å². The van der Waals surface area contributed by atoms with Crippen molar-refractivity contribution in [3.8, 4) is 5.69 Å². The Morgan fingerprint density at radius 3 is 2.63 bits per heavy atom. The summed E-state index contributed by atoms with van der Waals surface area (Å²) in [5, 5.41) is 6.97. The third-order valence-electron chi connectivity index (χ3n) is 2.46. The molecule has 0 aliphatic rings. The average Bonchev–Trinajstić information content (AvgIpc) is 2.77. The third-order valence-corrected chi connectivity index (χ3v) is 4.40. The van der Waals surface area contributed by atoms with E-state index in [4.69, 9.17) is 0 Å². The van der Waals surface area contributed by atoms with Crippen molar-refractivity contribution in [3.05, 3.63) is 36.4 Å². The first-order valence-corrected chi connectivity index (χ1v) is 7.44. The molecular formula is C12H14FN3O2S. The number of hydrogen-bond donors (Lipinski definition) is 0. The van der Waals surface area contributed by atoms with Crippen LogP contribution in [-0.2, 0) is 9.84 Å². The van der Waals surface area contributed by atoms with Gasteiger partial charge in [-0.2, -0.15) is 0 Å². The Morgan fingerprint density at radius 1 is 1.32 bits per heavy atom. The van der Waals surface area contributed by atoms with Crippen molar-refractivity contribution in [2.45, 2.75) is 19.0 Å². The van der Waals surface area contributed by atoms with E-state index in [2.05, 4.69) is 10.2 Å². The minimum Gasteiger partial charge on any atom is -0.270 e. The zero-order valence-corrected chi connectivity index (χ0v) is 11.4. The molecule has 0 unspecified atom stereocenters. The van der Waals surface area contributed by atoms with Crippen LogP contribution in [0.1, 0.15) is 13.8 Å². The molecule has 0 amide bonds. The van der Waals surface area contributed by atoms with Gasteiger partial charge in [0.2, 0.25) is 9.84 Å². The van der Waals surface area contributed by atoms with Gasteiger partial charge >= 0.3 is 0 Å². The summed E-state index contributed by atoms with van der Waals surface area (Å²) >= 11 is 0. The summed E-state index contributed by atoms with van der Waals surface area (Å²) in [5.74, 6) is -0.626. The molecule has 0 spiro atoms. The van der Waals surface area contributed by atoms with Gasteiger partial charge in [-0.05, 0) is 18.1 Å². The number of sulfone groups is 1. The number of para-hydroxylation sites is 1. The monoisotopic (exact) mass is 283 g/mol. The second kappa shape index (κ2) is 5.08. The lowest BCUT2D eigenvalue weighted by Gasteiger charge is -2.09. The Morgan fingerprint density at radius 2 is 2.00 bits per heavy atom. The molecule has 0 bridgehead atoms. The van der Waals surface area contributed by atoms with Crippen LogP contribution in [-0.4, -0.2) is 28.9 Å². The SMILES string of the molecule is CC(C)CS(=O)(=O)c1nncn1-c1ccccc1F. The fourth-order valence-corrected chi connectivity index (χ4v) is 3.41. The highest BCUT2D eigenvalue weighted by Gasteiger charge is 2.24. The van der Waals surface area contributed by atoms with Crippen LogP contribution in [0.5, 0.6) is 0 Å². The first-order chi connectivity index (χ1) is 8.92. The van der Waals surface area contributed by atoms with Gasteiger partial charge in [-0.1, -0.05) is 26.0 Å². The van der Waals surface area contributed by atoms with Crippen molar-refractivity contribution in [1.82, 2.24) is 14.8 Å². The van der Waals surface area contributed by atoms with Crippen LogP contribution in [0.25, 0.3) is 5.69 Å². The van der Waals surface area contributed by atoms with E-state index in [1.807, 2.05) is 0 Å². The van der Waals surface area contributed by atoms with Crippen molar-refractivity contribution >= 4 is 9.84 Å². The van der Waals surface area contributed by atoms with E-state index in [9.17, 15) is 12.8 Å². The second-order valence-corrected chi connectivity index (χ2v) is 6.54. The highest BCUT2D eigenvalue weighted by Crippen LogP contribution is 2.18. The summed E-state index contributed by atoms with van der Waals surface area (Å²) in [6.07, 6.45) is 1.20. The van der Waals surface area contributed by atoms with Crippen LogP contribution in [0.15, 0.2) is 35.7 Å². The molecule has 0 N–H and O–H groups in total. The molecule has 0 aliphatic heterocycles. The van der Waals surface area contributed by atoms with Crippen molar-refractivity contribution < 1.29 is 12.8 Å². The van der Waals surface area contributed by atoms with Gasteiger partial charge in [0.25, 0.3) is 5.16 Å². The summed E-state index contributed by atoms with van der Waals surface area (Å²) in [7, 11) is -3.59. The number of rotatable bonds is 4. The Bertz CT molecular complexity index is 680. The summed E-state index contributed by atoms with van der Waals surface area (Å²) in [6.45, 7) is 3.59. The second-order valence-electron chi connectivity index (χ2n) is 4.61. The fraction of sp³-hybridized carbons (Fsp3) is 0.333. The predicted octanol–water partition coefficient (Wildman–Crippen LogP) is 1.84. The van der Waals surface area contributed by atoms with E-state index in [1.54, 1.807) is 19.9 Å². The Balaban J connectivity index is 2.53. The predicted molar refractivity (Wildman–Crippen MR) is 68.2 cm³/mol. The average molecular weight is 283 g/mol. The van der Waals surface area contributed by atoms with Gasteiger partial charge < -0.3 is 0 Å². The van der Waals surface area contributed by atoms with Crippen LogP contribution in [0.2, 0.25) is 0 Å². The lowest BCUT2D eigenvalue weighted by Crippen LogP contribution is -2.17. The molecule has 0 saturated carbocycles. The lowest BCUT2D eigenvalue weighted by molar-refractivity contribution is 0.566. The first kappa shape index (κ1) is 13.7. The highest BCUT2D eigenvalue weighted by molar-refractivity contribution is 7.91. The van der Waals surface area contributed by atoms with Crippen molar-refractivity contribution in [2.24, 2.45) is 5.92 Å². The number of aromatic nitrogens is 3. The van der Waals surface area contributed by atoms with Crippen LogP contribution < -0.4 is 0 Å². The molecule has 1 aromatic carbocycles. The zero-order valence-electron chi connectivity index (χ0n) is 10.6.